The minimum atomic E-state index is 0.803. The Balaban J connectivity index is 0.000000210. The maximum Gasteiger partial charge on any atom is 0.147 e. The molecule has 0 unspecified atom stereocenters. The third-order valence-electron chi connectivity index (χ3n) is 2.40. The van der Waals surface area contributed by atoms with Crippen LogP contribution in [0.3, 0.4) is 0 Å². The van der Waals surface area contributed by atoms with E-state index in [0.717, 1.165) is 22.4 Å². The van der Waals surface area contributed by atoms with Crippen molar-refractivity contribution in [2.45, 2.75) is 34.6 Å². The summed E-state index contributed by atoms with van der Waals surface area (Å²) in [4.78, 5) is 8.34. The highest BCUT2D eigenvalue weighted by Gasteiger charge is 1.99. The summed E-state index contributed by atoms with van der Waals surface area (Å²) in [5.41, 5.74) is 2.28. The smallest absolute Gasteiger partial charge is 0.147 e. The van der Waals surface area contributed by atoms with Crippen molar-refractivity contribution >= 4 is 11.3 Å². The molecule has 0 aliphatic heterocycles. The van der Waals surface area contributed by atoms with Gasteiger partial charge in [-0.1, -0.05) is 44.2 Å². The minimum Gasteiger partial charge on any atom is -0.263 e. The fourth-order valence-electron chi connectivity index (χ4n) is 1.56. The molecular formula is C16H22N4S. The van der Waals surface area contributed by atoms with Crippen molar-refractivity contribution in [1.29, 1.82) is 0 Å². The highest BCUT2D eigenvalue weighted by molar-refractivity contribution is 7.09. The standard InChI is InChI=1S/C10H9NS.C4H7N3.C2H6/c1-8-11-10(7-12-8)9-5-3-2-4-6-9;1-3-5-4(2)7-6-3;1-2/h2-7H,1H3;1-2H3,(H,5,6,7);1-2H3. The number of benzene rings is 1. The van der Waals surface area contributed by atoms with Crippen LogP contribution < -0.4 is 0 Å². The van der Waals surface area contributed by atoms with Crippen LogP contribution in [0.1, 0.15) is 30.5 Å². The molecule has 2 aromatic heterocycles. The molecule has 2 heterocycles. The normalized spacial score (nSPS) is 9.19. The van der Waals surface area contributed by atoms with E-state index in [1.807, 2.05) is 52.8 Å². The van der Waals surface area contributed by atoms with Gasteiger partial charge in [-0.3, -0.25) is 5.10 Å². The minimum absolute atomic E-state index is 0.803. The van der Waals surface area contributed by atoms with Crippen LogP contribution in [-0.2, 0) is 0 Å². The van der Waals surface area contributed by atoms with Gasteiger partial charge >= 0.3 is 0 Å². The van der Waals surface area contributed by atoms with Crippen LogP contribution in [0.2, 0.25) is 0 Å². The van der Waals surface area contributed by atoms with Gasteiger partial charge in [-0.2, -0.15) is 5.10 Å². The number of aromatic nitrogens is 4. The summed E-state index contributed by atoms with van der Waals surface area (Å²) in [5.74, 6) is 1.68. The van der Waals surface area contributed by atoms with Crippen molar-refractivity contribution in [2.75, 3.05) is 0 Å². The van der Waals surface area contributed by atoms with Gasteiger partial charge in [0.15, 0.2) is 0 Å². The molecule has 21 heavy (non-hydrogen) atoms. The Morgan fingerprint density at radius 3 is 2.00 bits per heavy atom. The van der Waals surface area contributed by atoms with Gasteiger partial charge in [0, 0.05) is 10.9 Å². The van der Waals surface area contributed by atoms with Gasteiger partial charge in [0.05, 0.1) is 10.7 Å². The second-order valence-corrected chi connectivity index (χ2v) is 5.15. The van der Waals surface area contributed by atoms with Crippen LogP contribution in [0, 0.1) is 20.8 Å². The van der Waals surface area contributed by atoms with Gasteiger partial charge in [-0.25, -0.2) is 9.97 Å². The monoisotopic (exact) mass is 302 g/mol. The predicted octanol–water partition coefficient (Wildman–Crippen LogP) is 4.57. The van der Waals surface area contributed by atoms with Crippen LogP contribution in [-0.4, -0.2) is 20.2 Å². The van der Waals surface area contributed by atoms with Gasteiger partial charge in [-0.05, 0) is 20.8 Å². The Kier molecular flexibility index (Phi) is 7.32. The number of nitrogens with one attached hydrogen (secondary N) is 1. The molecule has 112 valence electrons. The zero-order valence-corrected chi connectivity index (χ0v) is 14.0. The molecule has 0 amide bonds. The van der Waals surface area contributed by atoms with Crippen LogP contribution >= 0.6 is 11.3 Å². The van der Waals surface area contributed by atoms with Crippen molar-refractivity contribution in [3.63, 3.8) is 0 Å². The maximum atomic E-state index is 4.40. The van der Waals surface area contributed by atoms with Crippen molar-refractivity contribution in [3.8, 4) is 11.3 Å². The molecule has 0 bridgehead atoms. The van der Waals surface area contributed by atoms with E-state index in [4.69, 9.17) is 0 Å². The van der Waals surface area contributed by atoms with E-state index in [0.29, 0.717) is 0 Å². The maximum absolute atomic E-state index is 4.40. The highest BCUT2D eigenvalue weighted by atomic mass is 32.1. The lowest BCUT2D eigenvalue weighted by molar-refractivity contribution is 1.02. The molecule has 0 atom stereocenters. The van der Waals surface area contributed by atoms with Crippen molar-refractivity contribution in [2.24, 2.45) is 0 Å². The topological polar surface area (TPSA) is 54.5 Å². The Morgan fingerprint density at radius 1 is 0.952 bits per heavy atom. The van der Waals surface area contributed by atoms with Crippen LogP contribution in [0.15, 0.2) is 35.7 Å². The van der Waals surface area contributed by atoms with E-state index in [9.17, 15) is 0 Å². The number of nitrogens with zero attached hydrogens (tertiary/aromatic N) is 3. The molecule has 5 heteroatoms. The number of rotatable bonds is 1. The van der Waals surface area contributed by atoms with Gasteiger partial charge in [0.25, 0.3) is 0 Å². The van der Waals surface area contributed by atoms with Crippen molar-refractivity contribution in [3.05, 3.63) is 52.4 Å². The first kappa shape index (κ1) is 17.0. The van der Waals surface area contributed by atoms with Crippen molar-refractivity contribution < 1.29 is 0 Å². The van der Waals surface area contributed by atoms with Crippen LogP contribution in [0.4, 0.5) is 0 Å². The summed E-state index contributed by atoms with van der Waals surface area (Å²) in [6.45, 7) is 9.75. The van der Waals surface area contributed by atoms with E-state index >= 15 is 0 Å². The van der Waals surface area contributed by atoms with E-state index < -0.39 is 0 Å². The highest BCUT2D eigenvalue weighted by Crippen LogP contribution is 2.20. The quantitative estimate of drug-likeness (QED) is 0.716. The van der Waals surface area contributed by atoms with Crippen molar-refractivity contribution in [1.82, 2.24) is 20.2 Å². The average Bonchev–Trinajstić information content (AvgIpc) is 3.11. The molecule has 0 aliphatic carbocycles. The SMILES string of the molecule is CC.Cc1n[nH]c(C)n1.Cc1nc(-c2ccccc2)cs1. The zero-order chi connectivity index (χ0) is 15.7. The molecule has 0 fully saturated rings. The van der Waals surface area contributed by atoms with Crippen LogP contribution in [0.5, 0.6) is 0 Å². The molecule has 3 aromatic rings. The number of hydrogen-bond acceptors (Lipinski definition) is 4. The van der Waals surface area contributed by atoms with Gasteiger partial charge in [-0.15, -0.1) is 11.3 Å². The second-order valence-electron chi connectivity index (χ2n) is 4.09. The molecule has 4 nitrogen and oxygen atoms in total. The first-order valence-corrected chi connectivity index (χ1v) is 7.86. The molecule has 0 aliphatic rings. The summed E-state index contributed by atoms with van der Waals surface area (Å²) in [5, 5.41) is 9.69. The van der Waals surface area contributed by atoms with E-state index in [2.05, 4.69) is 37.7 Å². The Bertz CT molecular complexity index is 612. The first-order valence-electron chi connectivity index (χ1n) is 6.98. The van der Waals surface area contributed by atoms with E-state index in [1.165, 1.54) is 5.56 Å². The lowest BCUT2D eigenvalue weighted by atomic mass is 10.2. The lowest BCUT2D eigenvalue weighted by Gasteiger charge is -1.92. The summed E-state index contributed by atoms with van der Waals surface area (Å²) < 4.78 is 0. The Hall–Kier alpha value is -2.01. The van der Waals surface area contributed by atoms with Gasteiger partial charge < -0.3 is 0 Å². The molecule has 0 radical (unpaired) electrons. The lowest BCUT2D eigenvalue weighted by Crippen LogP contribution is -1.75. The summed E-state index contributed by atoms with van der Waals surface area (Å²) in [6, 6.07) is 10.2. The fraction of sp³-hybridized carbons (Fsp3) is 0.312. The molecule has 0 saturated heterocycles. The zero-order valence-electron chi connectivity index (χ0n) is 13.2. The predicted molar refractivity (Wildman–Crippen MR) is 89.5 cm³/mol. The molecule has 3 rings (SSSR count). The largest absolute Gasteiger partial charge is 0.263 e. The first-order chi connectivity index (χ1) is 10.1. The number of aryl methyl sites for hydroxylation is 3. The summed E-state index contributed by atoms with van der Waals surface area (Å²) in [6.07, 6.45) is 0. The number of H-pyrrole nitrogens is 1. The second kappa shape index (κ2) is 9.02. The fourth-order valence-corrected chi connectivity index (χ4v) is 2.18. The third-order valence-corrected chi connectivity index (χ3v) is 3.17. The molecule has 0 saturated carbocycles. The Morgan fingerprint density at radius 2 is 1.62 bits per heavy atom. The molecule has 1 aromatic carbocycles. The van der Waals surface area contributed by atoms with Crippen LogP contribution in [0.25, 0.3) is 11.3 Å². The summed E-state index contributed by atoms with van der Waals surface area (Å²) in [7, 11) is 0. The molecular weight excluding hydrogens is 280 g/mol. The number of aromatic amines is 1. The van der Waals surface area contributed by atoms with Gasteiger partial charge in [0.1, 0.15) is 11.6 Å². The molecule has 0 spiro atoms. The summed E-state index contributed by atoms with van der Waals surface area (Å²) >= 11 is 1.69. The Labute approximate surface area is 130 Å². The molecule has 1 N–H and O–H groups in total. The van der Waals surface area contributed by atoms with E-state index in [1.54, 1.807) is 11.3 Å². The van der Waals surface area contributed by atoms with Gasteiger partial charge in [0.2, 0.25) is 0 Å². The number of hydrogen-bond donors (Lipinski definition) is 1. The van der Waals surface area contributed by atoms with E-state index in [-0.39, 0.29) is 0 Å². The average molecular weight is 302 g/mol. The third kappa shape index (κ3) is 5.87. The number of thiazole rings is 1.